The van der Waals surface area contributed by atoms with E-state index in [1.165, 1.54) is 28.9 Å². The number of thioether (sulfide) groups is 1. The molecule has 1 atom stereocenters. The molecule has 0 amide bonds. The van der Waals surface area contributed by atoms with Gasteiger partial charge in [-0.15, -0.1) is 35.7 Å². The van der Waals surface area contributed by atoms with Crippen LogP contribution in [0.2, 0.25) is 0 Å². The molecule has 2 rings (SSSR count). The van der Waals surface area contributed by atoms with Gasteiger partial charge in [0.2, 0.25) is 0 Å². The van der Waals surface area contributed by atoms with Gasteiger partial charge in [0.05, 0.1) is 0 Å². The van der Waals surface area contributed by atoms with E-state index in [2.05, 4.69) is 66.0 Å². The summed E-state index contributed by atoms with van der Waals surface area (Å²) in [6, 6.07) is 7.21. The Balaban J connectivity index is 0.00000288. The Morgan fingerprint density at radius 1 is 1.33 bits per heavy atom. The summed E-state index contributed by atoms with van der Waals surface area (Å²) in [4.78, 5) is 8.01. The molecule has 136 valence electrons. The van der Waals surface area contributed by atoms with Crippen LogP contribution in [0.15, 0.2) is 28.1 Å². The van der Waals surface area contributed by atoms with E-state index < -0.39 is 0 Å². The molecule has 1 aliphatic carbocycles. The van der Waals surface area contributed by atoms with Gasteiger partial charge in [-0.25, -0.2) is 0 Å². The number of aliphatic imine (C=N–C) groups is 1. The molecule has 0 heterocycles. The van der Waals surface area contributed by atoms with Crippen molar-refractivity contribution in [2.75, 3.05) is 33.9 Å². The lowest BCUT2D eigenvalue weighted by Crippen LogP contribution is -2.45. The number of benzene rings is 1. The molecule has 4 nitrogen and oxygen atoms in total. The molecule has 0 radical (unpaired) electrons. The molecule has 1 aromatic rings. The molecule has 1 aliphatic rings. The molecule has 0 spiro atoms. The van der Waals surface area contributed by atoms with Crippen LogP contribution in [0, 0.1) is 12.8 Å². The van der Waals surface area contributed by atoms with Crippen LogP contribution >= 0.6 is 35.7 Å². The maximum absolute atomic E-state index is 4.36. The third-order valence-corrected chi connectivity index (χ3v) is 5.24. The monoisotopic (exact) mass is 462 g/mol. The van der Waals surface area contributed by atoms with Crippen LogP contribution < -0.4 is 10.6 Å². The number of halogens is 1. The molecular formula is C18H31IN4S. The van der Waals surface area contributed by atoms with Crippen molar-refractivity contribution in [2.24, 2.45) is 10.9 Å². The number of hydrogen-bond donors (Lipinski definition) is 2. The summed E-state index contributed by atoms with van der Waals surface area (Å²) >= 11 is 1.80. The topological polar surface area (TPSA) is 39.7 Å². The molecule has 6 heteroatoms. The van der Waals surface area contributed by atoms with E-state index in [9.17, 15) is 0 Å². The minimum Gasteiger partial charge on any atom is -0.355 e. The summed E-state index contributed by atoms with van der Waals surface area (Å²) in [5.74, 6) is 1.72. The summed E-state index contributed by atoms with van der Waals surface area (Å²) in [5.41, 5.74) is 2.62. The van der Waals surface area contributed by atoms with Crippen molar-refractivity contribution in [3.63, 3.8) is 0 Å². The molecule has 2 N–H and O–H groups in total. The molecule has 0 aliphatic heterocycles. The summed E-state index contributed by atoms with van der Waals surface area (Å²) in [5, 5.41) is 6.92. The zero-order chi connectivity index (χ0) is 16.8. The van der Waals surface area contributed by atoms with Crippen molar-refractivity contribution in [3.8, 4) is 0 Å². The van der Waals surface area contributed by atoms with E-state index in [0.29, 0.717) is 6.04 Å². The first-order chi connectivity index (χ1) is 11.0. The van der Waals surface area contributed by atoms with E-state index in [1.54, 1.807) is 11.8 Å². The molecule has 1 unspecified atom stereocenters. The fourth-order valence-corrected chi connectivity index (χ4v) is 3.56. The van der Waals surface area contributed by atoms with Gasteiger partial charge in [0.15, 0.2) is 5.96 Å². The number of aryl methyl sites for hydroxylation is 1. The van der Waals surface area contributed by atoms with Gasteiger partial charge in [-0.2, -0.15) is 0 Å². The summed E-state index contributed by atoms with van der Waals surface area (Å²) in [6.07, 6.45) is 4.84. The predicted molar refractivity (Wildman–Crippen MR) is 117 cm³/mol. The maximum Gasteiger partial charge on any atom is 0.191 e. The highest BCUT2D eigenvalue weighted by atomic mass is 127. The van der Waals surface area contributed by atoms with Gasteiger partial charge < -0.3 is 15.5 Å². The average Bonchev–Trinajstić information content (AvgIpc) is 3.35. The number of likely N-dealkylation sites (N-methyl/N-ethyl adjacent to an activating group) is 1. The Morgan fingerprint density at radius 3 is 2.58 bits per heavy atom. The number of guanidine groups is 1. The normalized spacial score (nSPS) is 15.8. The van der Waals surface area contributed by atoms with Gasteiger partial charge in [-0.1, -0.05) is 12.1 Å². The van der Waals surface area contributed by atoms with E-state index >= 15 is 0 Å². The van der Waals surface area contributed by atoms with Crippen molar-refractivity contribution < 1.29 is 0 Å². The largest absolute Gasteiger partial charge is 0.355 e. The molecule has 24 heavy (non-hydrogen) atoms. The van der Waals surface area contributed by atoms with Gasteiger partial charge in [-0.3, -0.25) is 4.99 Å². The van der Waals surface area contributed by atoms with Gasteiger partial charge >= 0.3 is 0 Å². The van der Waals surface area contributed by atoms with Crippen LogP contribution in [-0.2, 0) is 6.54 Å². The molecule has 0 saturated heterocycles. The lowest BCUT2D eigenvalue weighted by Gasteiger charge is -2.25. The first-order valence-electron chi connectivity index (χ1n) is 8.29. The van der Waals surface area contributed by atoms with Gasteiger partial charge in [0, 0.05) is 31.1 Å². The predicted octanol–water partition coefficient (Wildman–Crippen LogP) is 3.34. The minimum atomic E-state index is 0. The van der Waals surface area contributed by atoms with Crippen molar-refractivity contribution in [1.29, 1.82) is 0 Å². The number of nitrogens with one attached hydrogen (secondary N) is 2. The lowest BCUT2D eigenvalue weighted by atomic mass is 10.1. The van der Waals surface area contributed by atoms with Crippen molar-refractivity contribution in [3.05, 3.63) is 29.3 Å². The summed E-state index contributed by atoms with van der Waals surface area (Å²) in [6.45, 7) is 3.88. The highest BCUT2D eigenvalue weighted by Gasteiger charge is 2.32. The molecule has 1 fully saturated rings. The number of nitrogens with zero attached hydrogens (tertiary/aromatic N) is 2. The third kappa shape index (κ3) is 6.44. The fraction of sp³-hybridized carbons (Fsp3) is 0.611. The Hall–Kier alpha value is -0.470. The van der Waals surface area contributed by atoms with Crippen LogP contribution in [-0.4, -0.2) is 50.8 Å². The van der Waals surface area contributed by atoms with Crippen molar-refractivity contribution >= 4 is 41.7 Å². The second kappa shape index (κ2) is 10.5. The van der Waals surface area contributed by atoms with Crippen molar-refractivity contribution in [1.82, 2.24) is 15.5 Å². The van der Waals surface area contributed by atoms with Crippen LogP contribution in [0.4, 0.5) is 0 Å². The van der Waals surface area contributed by atoms with E-state index in [-0.39, 0.29) is 24.0 Å². The average molecular weight is 462 g/mol. The molecule has 1 aromatic carbocycles. The Morgan fingerprint density at radius 2 is 2.04 bits per heavy atom. The second-order valence-corrected chi connectivity index (χ2v) is 7.34. The molecule has 1 saturated carbocycles. The van der Waals surface area contributed by atoms with E-state index in [0.717, 1.165) is 25.0 Å². The highest BCUT2D eigenvalue weighted by Crippen LogP contribution is 2.34. The van der Waals surface area contributed by atoms with E-state index in [1.807, 2.05) is 7.05 Å². The van der Waals surface area contributed by atoms with Gasteiger partial charge in [0.1, 0.15) is 0 Å². The lowest BCUT2D eigenvalue weighted by molar-refractivity contribution is 0.264. The first-order valence-corrected chi connectivity index (χ1v) is 9.52. The number of hydrogen-bond acceptors (Lipinski definition) is 3. The SMILES string of the molecule is CN=C(NCc1ccc(C)cc1SC)NCC(C1CC1)N(C)C.I. The highest BCUT2D eigenvalue weighted by molar-refractivity contribution is 14.0. The minimum absolute atomic E-state index is 0. The maximum atomic E-state index is 4.36. The van der Waals surface area contributed by atoms with Gasteiger partial charge in [0.25, 0.3) is 0 Å². The molecule has 0 aromatic heterocycles. The summed E-state index contributed by atoms with van der Waals surface area (Å²) < 4.78 is 0. The first kappa shape index (κ1) is 21.6. The zero-order valence-corrected chi connectivity index (χ0v) is 18.6. The molecular weight excluding hydrogens is 431 g/mol. The quantitative estimate of drug-likeness (QED) is 0.282. The smallest absolute Gasteiger partial charge is 0.191 e. The summed E-state index contributed by atoms with van der Waals surface area (Å²) in [7, 11) is 6.16. The Kier molecular flexibility index (Phi) is 9.44. The van der Waals surface area contributed by atoms with Crippen LogP contribution in [0.1, 0.15) is 24.0 Å². The number of rotatable bonds is 7. The van der Waals surface area contributed by atoms with Crippen molar-refractivity contribution in [2.45, 2.75) is 37.2 Å². The van der Waals surface area contributed by atoms with Crippen LogP contribution in [0.5, 0.6) is 0 Å². The van der Waals surface area contributed by atoms with Gasteiger partial charge in [-0.05, 0) is 63.2 Å². The second-order valence-electron chi connectivity index (χ2n) is 6.49. The third-order valence-electron chi connectivity index (χ3n) is 4.42. The van der Waals surface area contributed by atoms with Crippen LogP contribution in [0.25, 0.3) is 0 Å². The zero-order valence-electron chi connectivity index (χ0n) is 15.4. The Bertz CT molecular complexity index is 542. The standard InChI is InChI=1S/C18H30N4S.HI/c1-13-6-7-15(17(10-13)23-5)11-20-18(19-2)21-12-16(22(3)4)14-8-9-14;/h6-7,10,14,16H,8-9,11-12H2,1-5H3,(H2,19,20,21);1H. The Labute approximate surface area is 168 Å². The van der Waals surface area contributed by atoms with Crippen LogP contribution in [0.3, 0.4) is 0 Å². The fourth-order valence-electron chi connectivity index (χ4n) is 2.85. The van der Waals surface area contributed by atoms with E-state index in [4.69, 9.17) is 0 Å². The molecule has 0 bridgehead atoms.